The molecule has 2 N–H and O–H groups in total. The molecule has 0 aliphatic rings. The van der Waals surface area contributed by atoms with Crippen LogP contribution in [-0.2, 0) is 6.54 Å². The number of carboxylic acid groups (broad SMARTS) is 1. The summed E-state index contributed by atoms with van der Waals surface area (Å²) in [6.45, 7) is 0.573. The third-order valence-electron chi connectivity index (χ3n) is 2.29. The van der Waals surface area contributed by atoms with Crippen LogP contribution in [-0.4, -0.2) is 23.2 Å². The summed E-state index contributed by atoms with van der Waals surface area (Å²) in [5.41, 5.74) is 1.04. The molecule has 0 aliphatic carbocycles. The van der Waals surface area contributed by atoms with Crippen LogP contribution < -0.4 is 10.1 Å². The number of nitrogens with one attached hydrogen (secondary N) is 1. The van der Waals surface area contributed by atoms with Crippen molar-refractivity contribution in [1.82, 2.24) is 4.98 Å². The van der Waals surface area contributed by atoms with Gasteiger partial charge in [0.25, 0.3) is 0 Å². The Hall–Kier alpha value is -2.08. The molecule has 0 bridgehead atoms. The lowest BCUT2D eigenvalue weighted by Crippen LogP contribution is -1.98. The maximum Gasteiger partial charge on any atom is 0.347 e. The molecule has 5 nitrogen and oxygen atoms in total. The summed E-state index contributed by atoms with van der Waals surface area (Å²) in [4.78, 5) is 14.9. The highest BCUT2D eigenvalue weighted by Crippen LogP contribution is 2.19. The molecule has 0 fully saturated rings. The predicted octanol–water partition coefficient (Wildman–Crippen LogP) is 2.46. The van der Waals surface area contributed by atoms with Gasteiger partial charge in [0.1, 0.15) is 10.6 Å². The van der Waals surface area contributed by atoms with Crippen molar-refractivity contribution >= 4 is 22.4 Å². The second-order valence-electron chi connectivity index (χ2n) is 3.54. The molecule has 18 heavy (non-hydrogen) atoms. The van der Waals surface area contributed by atoms with E-state index in [-0.39, 0.29) is 4.88 Å². The Labute approximate surface area is 108 Å². The number of carbonyl (C=O) groups is 1. The Bertz CT molecular complexity index is 554. The van der Waals surface area contributed by atoms with Crippen LogP contribution >= 0.6 is 11.3 Å². The van der Waals surface area contributed by atoms with Gasteiger partial charge in [-0.15, -0.1) is 0 Å². The zero-order valence-electron chi connectivity index (χ0n) is 9.71. The first kappa shape index (κ1) is 12.4. The third-order valence-corrected chi connectivity index (χ3v) is 3.24. The van der Waals surface area contributed by atoms with Crippen LogP contribution in [0.1, 0.15) is 15.2 Å². The molecule has 2 aromatic rings. The van der Waals surface area contributed by atoms with Gasteiger partial charge in [-0.1, -0.05) is 23.5 Å². The van der Waals surface area contributed by atoms with Crippen molar-refractivity contribution in [3.63, 3.8) is 0 Å². The normalized spacial score (nSPS) is 10.1. The van der Waals surface area contributed by atoms with Gasteiger partial charge in [0.05, 0.1) is 13.3 Å². The van der Waals surface area contributed by atoms with Crippen molar-refractivity contribution in [3.8, 4) is 5.75 Å². The van der Waals surface area contributed by atoms with Crippen molar-refractivity contribution < 1.29 is 14.6 Å². The van der Waals surface area contributed by atoms with Crippen LogP contribution in [0.15, 0.2) is 30.5 Å². The van der Waals surface area contributed by atoms with E-state index in [9.17, 15) is 4.79 Å². The van der Waals surface area contributed by atoms with Crippen LogP contribution in [0, 0.1) is 0 Å². The molecule has 0 spiro atoms. The average molecular weight is 264 g/mol. The van der Waals surface area contributed by atoms with Gasteiger partial charge in [-0.3, -0.25) is 0 Å². The number of ether oxygens (including phenoxy) is 1. The topological polar surface area (TPSA) is 71.5 Å². The number of hydrogen-bond acceptors (Lipinski definition) is 5. The first-order valence-corrected chi connectivity index (χ1v) is 6.06. The van der Waals surface area contributed by atoms with E-state index in [2.05, 4.69) is 10.3 Å². The van der Waals surface area contributed by atoms with E-state index in [4.69, 9.17) is 9.84 Å². The summed E-state index contributed by atoms with van der Waals surface area (Å²) in [5, 5.41) is 12.4. The minimum absolute atomic E-state index is 0.225. The lowest BCUT2D eigenvalue weighted by atomic mass is 10.2. The minimum atomic E-state index is -0.957. The molecule has 0 saturated heterocycles. The summed E-state index contributed by atoms with van der Waals surface area (Å²) < 4.78 is 5.12. The molecule has 94 valence electrons. The van der Waals surface area contributed by atoms with Gasteiger partial charge in [0, 0.05) is 6.54 Å². The van der Waals surface area contributed by atoms with E-state index >= 15 is 0 Å². The first-order chi connectivity index (χ1) is 8.69. The Morgan fingerprint density at radius 1 is 1.56 bits per heavy atom. The van der Waals surface area contributed by atoms with E-state index in [1.807, 2.05) is 24.3 Å². The summed E-state index contributed by atoms with van der Waals surface area (Å²) >= 11 is 1.12. The Morgan fingerprint density at radius 2 is 2.39 bits per heavy atom. The SMILES string of the molecule is COc1cccc(CNc2ncc(C(=O)O)s2)c1. The first-order valence-electron chi connectivity index (χ1n) is 5.25. The van der Waals surface area contributed by atoms with Crippen LogP contribution in [0.4, 0.5) is 5.13 Å². The third kappa shape index (κ3) is 2.98. The molecule has 2 rings (SSSR count). The van der Waals surface area contributed by atoms with Crippen molar-refractivity contribution in [3.05, 3.63) is 40.9 Å². The minimum Gasteiger partial charge on any atom is -0.497 e. The van der Waals surface area contributed by atoms with Crippen molar-refractivity contribution in [1.29, 1.82) is 0 Å². The largest absolute Gasteiger partial charge is 0.497 e. The van der Waals surface area contributed by atoms with Crippen LogP contribution in [0.3, 0.4) is 0 Å². The van der Waals surface area contributed by atoms with E-state index in [0.717, 1.165) is 22.6 Å². The number of aromatic carboxylic acids is 1. The number of nitrogens with zero attached hydrogens (tertiary/aromatic N) is 1. The molecule has 1 aromatic carbocycles. The van der Waals surface area contributed by atoms with Crippen molar-refractivity contribution in [2.45, 2.75) is 6.54 Å². The standard InChI is InChI=1S/C12H12N2O3S/c1-17-9-4-2-3-8(5-9)6-13-12-14-7-10(18-12)11(15)16/h2-5,7H,6H2,1H3,(H,13,14)(H,15,16). The second-order valence-corrected chi connectivity index (χ2v) is 4.57. The van der Waals surface area contributed by atoms with Crippen LogP contribution in [0.25, 0.3) is 0 Å². The number of benzene rings is 1. The maximum absolute atomic E-state index is 10.7. The number of anilines is 1. The average Bonchev–Trinajstić information content (AvgIpc) is 2.85. The molecule has 0 unspecified atom stereocenters. The lowest BCUT2D eigenvalue weighted by Gasteiger charge is -2.05. The molecule has 0 saturated carbocycles. The Balaban J connectivity index is 1.99. The van der Waals surface area contributed by atoms with Crippen LogP contribution in [0.5, 0.6) is 5.75 Å². The fourth-order valence-corrected chi connectivity index (χ4v) is 2.07. The van der Waals surface area contributed by atoms with Gasteiger partial charge < -0.3 is 15.2 Å². The van der Waals surface area contributed by atoms with Gasteiger partial charge in [-0.05, 0) is 17.7 Å². The number of hydrogen-bond donors (Lipinski definition) is 2. The molecule has 0 aliphatic heterocycles. The van der Waals surface area contributed by atoms with Gasteiger partial charge in [0.15, 0.2) is 5.13 Å². The van der Waals surface area contributed by atoms with E-state index in [0.29, 0.717) is 11.7 Å². The number of carboxylic acids is 1. The number of thiazole rings is 1. The van der Waals surface area contributed by atoms with Crippen molar-refractivity contribution in [2.75, 3.05) is 12.4 Å². The second kappa shape index (κ2) is 5.50. The molecule has 1 heterocycles. The smallest absolute Gasteiger partial charge is 0.347 e. The molecule has 6 heteroatoms. The Kier molecular flexibility index (Phi) is 3.78. The van der Waals surface area contributed by atoms with E-state index < -0.39 is 5.97 Å². The van der Waals surface area contributed by atoms with Gasteiger partial charge >= 0.3 is 5.97 Å². The predicted molar refractivity (Wildman–Crippen MR) is 69.4 cm³/mol. The fraction of sp³-hybridized carbons (Fsp3) is 0.167. The zero-order chi connectivity index (χ0) is 13.0. The number of rotatable bonds is 5. The highest BCUT2D eigenvalue weighted by Gasteiger charge is 2.07. The van der Waals surface area contributed by atoms with Gasteiger partial charge in [-0.2, -0.15) is 0 Å². The molecule has 0 radical (unpaired) electrons. The number of aromatic nitrogens is 1. The zero-order valence-corrected chi connectivity index (χ0v) is 10.5. The quantitative estimate of drug-likeness (QED) is 0.868. The molecule has 0 amide bonds. The molecule has 1 aromatic heterocycles. The lowest BCUT2D eigenvalue weighted by molar-refractivity contribution is 0.0702. The summed E-state index contributed by atoms with van der Waals surface area (Å²) in [6.07, 6.45) is 1.35. The van der Waals surface area contributed by atoms with E-state index in [1.165, 1.54) is 6.20 Å². The summed E-state index contributed by atoms with van der Waals surface area (Å²) in [6, 6.07) is 7.65. The molecular weight excluding hydrogens is 252 g/mol. The Morgan fingerprint density at radius 3 is 3.06 bits per heavy atom. The van der Waals surface area contributed by atoms with Gasteiger partial charge in [0.2, 0.25) is 0 Å². The molecular formula is C12H12N2O3S. The summed E-state index contributed by atoms with van der Waals surface area (Å²) in [7, 11) is 1.62. The number of methoxy groups -OCH3 is 1. The summed E-state index contributed by atoms with van der Waals surface area (Å²) in [5.74, 6) is -0.165. The van der Waals surface area contributed by atoms with Crippen LogP contribution in [0.2, 0.25) is 0 Å². The van der Waals surface area contributed by atoms with E-state index in [1.54, 1.807) is 7.11 Å². The van der Waals surface area contributed by atoms with Gasteiger partial charge in [-0.25, -0.2) is 9.78 Å². The highest BCUT2D eigenvalue weighted by molar-refractivity contribution is 7.17. The molecule has 0 atom stereocenters. The highest BCUT2D eigenvalue weighted by atomic mass is 32.1. The van der Waals surface area contributed by atoms with Crippen molar-refractivity contribution in [2.24, 2.45) is 0 Å². The monoisotopic (exact) mass is 264 g/mol. The fourth-order valence-electron chi connectivity index (χ4n) is 1.41. The maximum atomic E-state index is 10.7.